The SMILES string of the molecule is Cc1nc(Br)cc(N2CCN3CCCC3C2)n1. The fourth-order valence-electron chi connectivity index (χ4n) is 2.88. The van der Waals surface area contributed by atoms with E-state index in [1.54, 1.807) is 0 Å². The summed E-state index contributed by atoms with van der Waals surface area (Å²) in [4.78, 5) is 13.8. The second-order valence-corrected chi connectivity index (χ2v) is 5.69. The molecule has 0 N–H and O–H groups in total. The highest BCUT2D eigenvalue weighted by atomic mass is 79.9. The molecule has 0 bridgehead atoms. The molecule has 1 unspecified atom stereocenters. The van der Waals surface area contributed by atoms with E-state index in [9.17, 15) is 0 Å². The number of aryl methyl sites for hydroxylation is 1. The van der Waals surface area contributed by atoms with Crippen molar-refractivity contribution in [3.8, 4) is 0 Å². The van der Waals surface area contributed by atoms with Crippen LogP contribution in [0.15, 0.2) is 10.7 Å². The van der Waals surface area contributed by atoms with Gasteiger partial charge in [-0.2, -0.15) is 0 Å². The van der Waals surface area contributed by atoms with Gasteiger partial charge in [-0.25, -0.2) is 9.97 Å². The first kappa shape index (κ1) is 11.4. The van der Waals surface area contributed by atoms with Crippen molar-refractivity contribution in [3.63, 3.8) is 0 Å². The number of piperazine rings is 1. The molecule has 0 amide bonds. The Bertz CT molecular complexity index is 403. The van der Waals surface area contributed by atoms with Crippen LogP contribution in [0.25, 0.3) is 0 Å². The average Bonchev–Trinajstić information content (AvgIpc) is 2.74. The zero-order valence-electron chi connectivity index (χ0n) is 10.1. The van der Waals surface area contributed by atoms with Gasteiger partial charge in [-0.15, -0.1) is 0 Å². The highest BCUT2D eigenvalue weighted by molar-refractivity contribution is 9.10. The third-order valence-electron chi connectivity index (χ3n) is 3.70. The lowest BCUT2D eigenvalue weighted by Crippen LogP contribution is -2.50. The van der Waals surface area contributed by atoms with Gasteiger partial charge >= 0.3 is 0 Å². The van der Waals surface area contributed by atoms with Crippen molar-refractivity contribution in [2.45, 2.75) is 25.8 Å². The number of hydrogen-bond acceptors (Lipinski definition) is 4. The molecule has 4 nitrogen and oxygen atoms in total. The van der Waals surface area contributed by atoms with Crippen LogP contribution in [0.2, 0.25) is 0 Å². The Morgan fingerprint density at radius 2 is 2.18 bits per heavy atom. The second-order valence-electron chi connectivity index (χ2n) is 4.87. The number of rotatable bonds is 1. The summed E-state index contributed by atoms with van der Waals surface area (Å²) in [6, 6.07) is 2.76. The Hall–Kier alpha value is -0.680. The zero-order valence-corrected chi connectivity index (χ0v) is 11.7. The summed E-state index contributed by atoms with van der Waals surface area (Å²) < 4.78 is 0.883. The first-order valence-electron chi connectivity index (χ1n) is 6.22. The van der Waals surface area contributed by atoms with Crippen LogP contribution in [-0.4, -0.2) is 47.1 Å². The monoisotopic (exact) mass is 296 g/mol. The minimum Gasteiger partial charge on any atom is -0.354 e. The summed E-state index contributed by atoms with van der Waals surface area (Å²) in [5, 5.41) is 0. The van der Waals surface area contributed by atoms with Gasteiger partial charge in [0.05, 0.1) is 0 Å². The van der Waals surface area contributed by atoms with Crippen LogP contribution in [-0.2, 0) is 0 Å². The Morgan fingerprint density at radius 3 is 3.00 bits per heavy atom. The fourth-order valence-corrected chi connectivity index (χ4v) is 3.34. The van der Waals surface area contributed by atoms with Crippen molar-refractivity contribution in [1.82, 2.24) is 14.9 Å². The van der Waals surface area contributed by atoms with E-state index >= 15 is 0 Å². The minimum atomic E-state index is 0.734. The van der Waals surface area contributed by atoms with Crippen LogP contribution in [0.4, 0.5) is 5.82 Å². The van der Waals surface area contributed by atoms with E-state index in [0.29, 0.717) is 0 Å². The van der Waals surface area contributed by atoms with Crippen molar-refractivity contribution in [2.75, 3.05) is 31.1 Å². The lowest BCUT2D eigenvalue weighted by atomic mass is 10.1. The van der Waals surface area contributed by atoms with Gasteiger partial charge in [0.2, 0.25) is 0 Å². The van der Waals surface area contributed by atoms with Crippen LogP contribution < -0.4 is 4.90 Å². The maximum atomic E-state index is 4.54. The van der Waals surface area contributed by atoms with Gasteiger partial charge in [0.25, 0.3) is 0 Å². The van der Waals surface area contributed by atoms with E-state index in [0.717, 1.165) is 35.4 Å². The smallest absolute Gasteiger partial charge is 0.133 e. The number of hydrogen-bond donors (Lipinski definition) is 0. The molecule has 1 aromatic heterocycles. The van der Waals surface area contributed by atoms with Gasteiger partial charge in [-0.05, 0) is 42.2 Å². The summed E-state index contributed by atoms with van der Waals surface area (Å²) in [5.74, 6) is 1.90. The van der Waals surface area contributed by atoms with E-state index in [4.69, 9.17) is 0 Å². The molecule has 1 atom stereocenters. The molecule has 0 aliphatic carbocycles. The Morgan fingerprint density at radius 1 is 1.29 bits per heavy atom. The molecule has 2 saturated heterocycles. The van der Waals surface area contributed by atoms with E-state index in [1.165, 1.54) is 25.9 Å². The molecular weight excluding hydrogens is 280 g/mol. The summed E-state index contributed by atoms with van der Waals surface area (Å²) in [5.41, 5.74) is 0. The van der Waals surface area contributed by atoms with E-state index in [2.05, 4.69) is 35.7 Å². The molecule has 92 valence electrons. The third-order valence-corrected chi connectivity index (χ3v) is 4.11. The first-order chi connectivity index (χ1) is 8.22. The maximum Gasteiger partial charge on any atom is 0.133 e. The Labute approximate surface area is 110 Å². The fraction of sp³-hybridized carbons (Fsp3) is 0.667. The zero-order chi connectivity index (χ0) is 11.8. The first-order valence-corrected chi connectivity index (χ1v) is 7.02. The van der Waals surface area contributed by atoms with Crippen molar-refractivity contribution in [2.24, 2.45) is 0 Å². The molecular formula is C12H17BrN4. The molecule has 1 aromatic rings. The van der Waals surface area contributed by atoms with Crippen LogP contribution in [0.5, 0.6) is 0 Å². The molecule has 0 aromatic carbocycles. The molecule has 2 fully saturated rings. The largest absolute Gasteiger partial charge is 0.354 e. The predicted octanol–water partition coefficient (Wildman–Crippen LogP) is 1.83. The molecule has 0 radical (unpaired) electrons. The molecule has 3 heterocycles. The van der Waals surface area contributed by atoms with Gasteiger partial charge in [0.1, 0.15) is 16.2 Å². The van der Waals surface area contributed by atoms with Gasteiger partial charge in [0, 0.05) is 31.7 Å². The Balaban J connectivity index is 1.80. The quantitative estimate of drug-likeness (QED) is 0.740. The lowest BCUT2D eigenvalue weighted by molar-refractivity contribution is 0.230. The maximum absolute atomic E-state index is 4.54. The van der Waals surface area contributed by atoms with Gasteiger partial charge in [-0.3, -0.25) is 4.90 Å². The minimum absolute atomic E-state index is 0.734. The van der Waals surface area contributed by atoms with Gasteiger partial charge in [0.15, 0.2) is 0 Å². The topological polar surface area (TPSA) is 32.3 Å². The molecule has 0 spiro atoms. The van der Waals surface area contributed by atoms with E-state index in [1.807, 2.05) is 13.0 Å². The Kier molecular flexibility index (Phi) is 3.04. The highest BCUT2D eigenvalue weighted by Crippen LogP contribution is 2.25. The number of nitrogens with zero attached hydrogens (tertiary/aromatic N) is 4. The van der Waals surface area contributed by atoms with Crippen molar-refractivity contribution < 1.29 is 0 Å². The van der Waals surface area contributed by atoms with E-state index < -0.39 is 0 Å². The number of aromatic nitrogens is 2. The van der Waals surface area contributed by atoms with Crippen LogP contribution in [0, 0.1) is 6.92 Å². The molecule has 2 aliphatic rings. The van der Waals surface area contributed by atoms with Crippen molar-refractivity contribution in [1.29, 1.82) is 0 Å². The lowest BCUT2D eigenvalue weighted by Gasteiger charge is -2.38. The number of anilines is 1. The van der Waals surface area contributed by atoms with Crippen molar-refractivity contribution >= 4 is 21.7 Å². The summed E-state index contributed by atoms with van der Waals surface area (Å²) >= 11 is 3.45. The van der Waals surface area contributed by atoms with Crippen LogP contribution >= 0.6 is 15.9 Å². The third kappa shape index (κ3) is 2.31. The van der Waals surface area contributed by atoms with Crippen LogP contribution in [0.3, 0.4) is 0 Å². The molecule has 5 heteroatoms. The molecule has 17 heavy (non-hydrogen) atoms. The van der Waals surface area contributed by atoms with Gasteiger partial charge < -0.3 is 4.90 Å². The molecule has 2 aliphatic heterocycles. The summed E-state index contributed by atoms with van der Waals surface area (Å²) in [7, 11) is 0. The summed E-state index contributed by atoms with van der Waals surface area (Å²) in [6.45, 7) is 6.60. The van der Waals surface area contributed by atoms with Crippen molar-refractivity contribution in [3.05, 3.63) is 16.5 Å². The molecule has 3 rings (SSSR count). The number of fused-ring (bicyclic) bond motifs is 1. The standard InChI is InChI=1S/C12H17BrN4/c1-9-14-11(13)7-12(15-9)17-6-5-16-4-2-3-10(16)8-17/h7,10H,2-6,8H2,1H3. The normalized spacial score (nSPS) is 25.1. The van der Waals surface area contributed by atoms with Gasteiger partial charge in [-0.1, -0.05) is 0 Å². The average molecular weight is 297 g/mol. The highest BCUT2D eigenvalue weighted by Gasteiger charge is 2.31. The number of halogens is 1. The summed E-state index contributed by atoms with van der Waals surface area (Å²) in [6.07, 6.45) is 2.69. The predicted molar refractivity (Wildman–Crippen MR) is 71.3 cm³/mol. The van der Waals surface area contributed by atoms with Crippen LogP contribution in [0.1, 0.15) is 18.7 Å². The second kappa shape index (κ2) is 4.53. The van der Waals surface area contributed by atoms with E-state index in [-0.39, 0.29) is 0 Å². The molecule has 0 saturated carbocycles.